The molecule has 3 rings (SSSR count). The lowest BCUT2D eigenvalue weighted by atomic mass is 10.1. The minimum atomic E-state index is -0.104. The number of rotatable bonds is 4. The molecule has 0 aliphatic heterocycles. The number of ether oxygens (including phenoxy) is 1. The van der Waals surface area contributed by atoms with Crippen molar-refractivity contribution in [1.29, 1.82) is 0 Å². The van der Waals surface area contributed by atoms with Crippen molar-refractivity contribution >= 4 is 16.7 Å². The molecule has 0 bridgehead atoms. The van der Waals surface area contributed by atoms with Gasteiger partial charge in [0, 0.05) is 24.7 Å². The lowest BCUT2D eigenvalue weighted by molar-refractivity contribution is -0.123. The maximum absolute atomic E-state index is 12.1. The maximum Gasteiger partial charge on any atom is 0.258 e. The van der Waals surface area contributed by atoms with Crippen LogP contribution >= 0.6 is 0 Å². The number of carbonyl (C=O) groups excluding carboxylic acids is 1. The molecule has 22 heavy (non-hydrogen) atoms. The SMILES string of the molecule is Cn1ccc2c(OCC(=O)NC3CCCC3)cccc2c1=O. The molecule has 1 heterocycles. The van der Waals surface area contributed by atoms with Gasteiger partial charge in [-0.25, -0.2) is 0 Å². The quantitative estimate of drug-likeness (QED) is 0.939. The summed E-state index contributed by atoms with van der Waals surface area (Å²) in [4.78, 5) is 24.0. The van der Waals surface area contributed by atoms with Crippen LogP contribution in [0.4, 0.5) is 0 Å². The summed E-state index contributed by atoms with van der Waals surface area (Å²) in [6, 6.07) is 7.44. The molecular formula is C17H20N2O3. The van der Waals surface area contributed by atoms with Gasteiger partial charge in [0.25, 0.3) is 11.5 Å². The van der Waals surface area contributed by atoms with E-state index in [1.807, 2.05) is 6.07 Å². The zero-order valence-corrected chi connectivity index (χ0v) is 12.7. The Morgan fingerprint density at radius 1 is 1.27 bits per heavy atom. The molecule has 1 aromatic carbocycles. The molecule has 5 heteroatoms. The van der Waals surface area contributed by atoms with Gasteiger partial charge in [-0.15, -0.1) is 0 Å². The molecule has 0 radical (unpaired) electrons. The summed E-state index contributed by atoms with van der Waals surface area (Å²) in [5.74, 6) is 0.463. The Bertz CT molecular complexity index is 745. The van der Waals surface area contributed by atoms with Gasteiger partial charge in [0.1, 0.15) is 5.75 Å². The molecule has 2 aromatic rings. The number of aryl methyl sites for hydroxylation is 1. The lowest BCUT2D eigenvalue weighted by Gasteiger charge is -2.13. The molecule has 0 atom stereocenters. The second-order valence-electron chi connectivity index (χ2n) is 5.79. The van der Waals surface area contributed by atoms with E-state index in [4.69, 9.17) is 4.74 Å². The first kappa shape index (κ1) is 14.6. The van der Waals surface area contributed by atoms with E-state index < -0.39 is 0 Å². The van der Waals surface area contributed by atoms with Gasteiger partial charge in [-0.3, -0.25) is 9.59 Å². The van der Waals surface area contributed by atoms with Gasteiger partial charge >= 0.3 is 0 Å². The van der Waals surface area contributed by atoms with Crippen LogP contribution in [-0.2, 0) is 11.8 Å². The summed E-state index contributed by atoms with van der Waals surface area (Å²) in [5.41, 5.74) is -0.0710. The highest BCUT2D eigenvalue weighted by atomic mass is 16.5. The summed E-state index contributed by atoms with van der Waals surface area (Å²) in [7, 11) is 1.71. The van der Waals surface area contributed by atoms with Crippen molar-refractivity contribution in [3.05, 3.63) is 40.8 Å². The van der Waals surface area contributed by atoms with Crippen molar-refractivity contribution in [2.75, 3.05) is 6.61 Å². The van der Waals surface area contributed by atoms with E-state index >= 15 is 0 Å². The number of carbonyl (C=O) groups is 1. The van der Waals surface area contributed by atoms with Crippen LogP contribution in [0.5, 0.6) is 5.75 Å². The number of hydrogen-bond acceptors (Lipinski definition) is 3. The summed E-state index contributed by atoms with van der Waals surface area (Å²) >= 11 is 0. The van der Waals surface area contributed by atoms with E-state index in [-0.39, 0.29) is 24.1 Å². The van der Waals surface area contributed by atoms with E-state index in [9.17, 15) is 9.59 Å². The molecule has 1 fully saturated rings. The van der Waals surface area contributed by atoms with Gasteiger partial charge in [0.2, 0.25) is 0 Å². The Morgan fingerprint density at radius 3 is 2.82 bits per heavy atom. The van der Waals surface area contributed by atoms with Gasteiger partial charge < -0.3 is 14.6 Å². The molecule has 1 N–H and O–H groups in total. The number of hydrogen-bond donors (Lipinski definition) is 1. The predicted octanol–water partition coefficient (Wildman–Crippen LogP) is 1.98. The number of fused-ring (bicyclic) bond motifs is 1. The van der Waals surface area contributed by atoms with Crippen LogP contribution in [-0.4, -0.2) is 23.1 Å². The van der Waals surface area contributed by atoms with E-state index in [0.29, 0.717) is 11.1 Å². The van der Waals surface area contributed by atoms with Crippen LogP contribution in [0.1, 0.15) is 25.7 Å². The molecule has 0 spiro atoms. The van der Waals surface area contributed by atoms with Crippen molar-refractivity contribution in [3.8, 4) is 5.75 Å². The number of aromatic nitrogens is 1. The molecule has 1 aromatic heterocycles. The molecule has 0 unspecified atom stereocenters. The minimum Gasteiger partial charge on any atom is -0.483 e. The van der Waals surface area contributed by atoms with Crippen LogP contribution in [0.2, 0.25) is 0 Å². The summed E-state index contributed by atoms with van der Waals surface area (Å²) < 4.78 is 7.15. The normalized spacial score (nSPS) is 15.1. The van der Waals surface area contributed by atoms with E-state index in [0.717, 1.165) is 18.2 Å². The Kier molecular flexibility index (Phi) is 4.13. The second-order valence-corrected chi connectivity index (χ2v) is 5.79. The number of benzene rings is 1. The topological polar surface area (TPSA) is 60.3 Å². The summed E-state index contributed by atoms with van der Waals surface area (Å²) in [5, 5.41) is 4.32. The predicted molar refractivity (Wildman–Crippen MR) is 85.1 cm³/mol. The highest BCUT2D eigenvalue weighted by Crippen LogP contribution is 2.23. The zero-order chi connectivity index (χ0) is 15.5. The van der Waals surface area contributed by atoms with E-state index in [1.165, 1.54) is 17.4 Å². The number of nitrogens with one attached hydrogen (secondary N) is 1. The van der Waals surface area contributed by atoms with Crippen molar-refractivity contribution in [2.24, 2.45) is 7.05 Å². The van der Waals surface area contributed by atoms with Gasteiger partial charge in [-0.1, -0.05) is 18.9 Å². The average Bonchev–Trinajstić information content (AvgIpc) is 3.02. The molecule has 1 aliphatic rings. The van der Waals surface area contributed by atoms with E-state index in [1.54, 1.807) is 31.4 Å². The van der Waals surface area contributed by atoms with Crippen molar-refractivity contribution in [2.45, 2.75) is 31.7 Å². The summed E-state index contributed by atoms with van der Waals surface area (Å²) in [6.45, 7) is -0.0230. The van der Waals surface area contributed by atoms with Crippen LogP contribution < -0.4 is 15.6 Å². The highest BCUT2D eigenvalue weighted by molar-refractivity contribution is 5.88. The Balaban J connectivity index is 1.72. The number of amides is 1. The lowest BCUT2D eigenvalue weighted by Crippen LogP contribution is -2.36. The van der Waals surface area contributed by atoms with Gasteiger partial charge in [-0.2, -0.15) is 0 Å². The van der Waals surface area contributed by atoms with E-state index in [2.05, 4.69) is 5.32 Å². The fraction of sp³-hybridized carbons (Fsp3) is 0.412. The maximum atomic E-state index is 12.1. The third-order valence-electron chi connectivity index (χ3n) is 4.16. The molecule has 116 valence electrons. The van der Waals surface area contributed by atoms with Crippen LogP contribution in [0.25, 0.3) is 10.8 Å². The molecular weight excluding hydrogens is 280 g/mol. The first-order chi connectivity index (χ1) is 10.6. The fourth-order valence-corrected chi connectivity index (χ4v) is 2.96. The monoisotopic (exact) mass is 300 g/mol. The fourth-order valence-electron chi connectivity index (χ4n) is 2.96. The molecule has 1 aliphatic carbocycles. The number of pyridine rings is 1. The smallest absolute Gasteiger partial charge is 0.258 e. The summed E-state index contributed by atoms with van der Waals surface area (Å²) in [6.07, 6.45) is 6.17. The van der Waals surface area contributed by atoms with Crippen LogP contribution in [0, 0.1) is 0 Å². The molecule has 5 nitrogen and oxygen atoms in total. The third-order valence-corrected chi connectivity index (χ3v) is 4.16. The van der Waals surface area contributed by atoms with Gasteiger partial charge in [-0.05, 0) is 31.0 Å². The molecule has 0 saturated heterocycles. The zero-order valence-electron chi connectivity index (χ0n) is 12.7. The number of nitrogens with zero attached hydrogens (tertiary/aromatic N) is 1. The van der Waals surface area contributed by atoms with Crippen molar-refractivity contribution < 1.29 is 9.53 Å². The van der Waals surface area contributed by atoms with Gasteiger partial charge in [0.15, 0.2) is 6.61 Å². The average molecular weight is 300 g/mol. The molecule has 1 amide bonds. The van der Waals surface area contributed by atoms with Gasteiger partial charge in [0.05, 0.1) is 5.39 Å². The Hall–Kier alpha value is -2.30. The van der Waals surface area contributed by atoms with Crippen molar-refractivity contribution in [3.63, 3.8) is 0 Å². The van der Waals surface area contributed by atoms with Crippen molar-refractivity contribution in [1.82, 2.24) is 9.88 Å². The first-order valence-corrected chi connectivity index (χ1v) is 7.65. The molecule has 1 saturated carbocycles. The standard InChI is InChI=1S/C17H20N2O3/c1-19-10-9-13-14(17(19)21)7-4-8-15(13)22-11-16(20)18-12-5-2-3-6-12/h4,7-10,12H,2-3,5-6,11H2,1H3,(H,18,20). The minimum absolute atomic E-state index is 0.0230. The largest absolute Gasteiger partial charge is 0.483 e. The van der Waals surface area contributed by atoms with Crippen LogP contribution in [0.3, 0.4) is 0 Å². The third kappa shape index (κ3) is 2.98. The van der Waals surface area contributed by atoms with Crippen LogP contribution in [0.15, 0.2) is 35.3 Å². The first-order valence-electron chi connectivity index (χ1n) is 7.65. The Labute approximate surface area is 128 Å². The second kappa shape index (κ2) is 6.22. The Morgan fingerprint density at radius 2 is 2.05 bits per heavy atom. The highest BCUT2D eigenvalue weighted by Gasteiger charge is 2.17.